The standard InChI is InChI=1S/C17H20BrN3O/c18-9-5-10-19-17(22)21-13-12-20-11-4-8-15(20)16(21)14-6-2-1-3-7-14/h1-4,6-8,11,16H,5,9-10,12-13H2,(H,19,22)/t16-/m0/s1. The molecular formula is C17H20BrN3O. The van der Waals surface area contributed by atoms with Crippen molar-refractivity contribution in [1.82, 2.24) is 14.8 Å². The fourth-order valence-corrected chi connectivity index (χ4v) is 3.23. The van der Waals surface area contributed by atoms with Gasteiger partial charge in [-0.25, -0.2) is 4.79 Å². The molecule has 2 heterocycles. The van der Waals surface area contributed by atoms with Gasteiger partial charge in [0, 0.05) is 36.9 Å². The number of nitrogens with one attached hydrogen (secondary N) is 1. The second-order valence-corrected chi connectivity index (χ2v) is 6.20. The molecule has 4 nitrogen and oxygen atoms in total. The second-order valence-electron chi connectivity index (χ2n) is 5.41. The van der Waals surface area contributed by atoms with Gasteiger partial charge in [0.2, 0.25) is 0 Å². The number of alkyl halides is 1. The van der Waals surface area contributed by atoms with Gasteiger partial charge in [-0.15, -0.1) is 0 Å². The maximum atomic E-state index is 12.6. The fraction of sp³-hybridized carbons (Fsp3) is 0.353. The Morgan fingerprint density at radius 3 is 2.77 bits per heavy atom. The van der Waals surface area contributed by atoms with Crippen molar-refractivity contribution in [3.8, 4) is 0 Å². The number of fused-ring (bicyclic) bond motifs is 1. The minimum Gasteiger partial charge on any atom is -0.348 e. The zero-order chi connectivity index (χ0) is 15.4. The van der Waals surface area contributed by atoms with Crippen molar-refractivity contribution in [3.63, 3.8) is 0 Å². The molecule has 1 atom stereocenters. The van der Waals surface area contributed by atoms with Gasteiger partial charge in [-0.2, -0.15) is 0 Å². The minimum atomic E-state index is -0.0195. The molecule has 2 amide bonds. The molecule has 0 saturated carbocycles. The van der Waals surface area contributed by atoms with E-state index in [0.29, 0.717) is 6.54 Å². The molecule has 1 aliphatic heterocycles. The lowest BCUT2D eigenvalue weighted by Crippen LogP contribution is -2.47. The monoisotopic (exact) mass is 361 g/mol. The molecule has 0 saturated heterocycles. The maximum absolute atomic E-state index is 12.6. The van der Waals surface area contributed by atoms with Gasteiger partial charge in [0.25, 0.3) is 0 Å². The number of halogens is 1. The van der Waals surface area contributed by atoms with Crippen molar-refractivity contribution in [3.05, 3.63) is 59.9 Å². The molecule has 0 fully saturated rings. The van der Waals surface area contributed by atoms with Gasteiger partial charge < -0.3 is 14.8 Å². The first kappa shape index (κ1) is 15.2. The van der Waals surface area contributed by atoms with Crippen LogP contribution in [0.5, 0.6) is 0 Å². The number of rotatable bonds is 4. The van der Waals surface area contributed by atoms with E-state index in [-0.39, 0.29) is 12.1 Å². The smallest absolute Gasteiger partial charge is 0.318 e. The lowest BCUT2D eigenvalue weighted by molar-refractivity contribution is 0.169. The van der Waals surface area contributed by atoms with Gasteiger partial charge in [0.15, 0.2) is 0 Å². The molecule has 22 heavy (non-hydrogen) atoms. The zero-order valence-corrected chi connectivity index (χ0v) is 14.0. The number of hydrogen-bond acceptors (Lipinski definition) is 1. The Hall–Kier alpha value is -1.75. The number of nitrogens with zero attached hydrogens (tertiary/aromatic N) is 2. The van der Waals surface area contributed by atoms with Crippen molar-refractivity contribution in [2.24, 2.45) is 0 Å². The van der Waals surface area contributed by atoms with E-state index < -0.39 is 0 Å². The SMILES string of the molecule is O=C(NCCCBr)N1CCn2cccc2[C@@H]1c1ccccc1. The summed E-state index contributed by atoms with van der Waals surface area (Å²) in [6.45, 7) is 2.27. The Kier molecular flexibility index (Phi) is 4.83. The highest BCUT2D eigenvalue weighted by Gasteiger charge is 2.31. The Balaban J connectivity index is 1.87. The molecule has 0 radical (unpaired) electrons. The average Bonchev–Trinajstić information content (AvgIpc) is 3.03. The lowest BCUT2D eigenvalue weighted by Gasteiger charge is -2.37. The van der Waals surface area contributed by atoms with Gasteiger partial charge in [0.1, 0.15) is 0 Å². The summed E-state index contributed by atoms with van der Waals surface area (Å²) in [5.41, 5.74) is 2.32. The summed E-state index contributed by atoms with van der Waals surface area (Å²) in [6, 6.07) is 14.4. The Bertz CT molecular complexity index is 626. The molecule has 1 aliphatic rings. The summed E-state index contributed by atoms with van der Waals surface area (Å²) in [5.74, 6) is 0. The zero-order valence-electron chi connectivity index (χ0n) is 12.4. The molecule has 0 spiro atoms. The number of benzene rings is 1. The number of aromatic nitrogens is 1. The van der Waals surface area contributed by atoms with Crippen molar-refractivity contribution < 1.29 is 4.79 Å². The summed E-state index contributed by atoms with van der Waals surface area (Å²) in [4.78, 5) is 14.5. The van der Waals surface area contributed by atoms with E-state index >= 15 is 0 Å². The number of carbonyl (C=O) groups excluding carboxylic acids is 1. The molecule has 0 unspecified atom stereocenters. The molecule has 1 aromatic heterocycles. The molecule has 1 aromatic carbocycles. The van der Waals surface area contributed by atoms with Crippen LogP contribution in [0.1, 0.15) is 23.7 Å². The predicted molar refractivity (Wildman–Crippen MR) is 91.2 cm³/mol. The van der Waals surface area contributed by atoms with Crippen LogP contribution < -0.4 is 5.32 Å². The third-order valence-corrected chi connectivity index (χ3v) is 4.56. The van der Waals surface area contributed by atoms with Crippen LogP contribution in [0.4, 0.5) is 4.79 Å². The largest absolute Gasteiger partial charge is 0.348 e. The summed E-state index contributed by atoms with van der Waals surface area (Å²) < 4.78 is 2.24. The van der Waals surface area contributed by atoms with Gasteiger partial charge in [0.05, 0.1) is 6.04 Å². The minimum absolute atomic E-state index is 0.0160. The third-order valence-electron chi connectivity index (χ3n) is 4.00. The van der Waals surface area contributed by atoms with Crippen molar-refractivity contribution in [2.45, 2.75) is 19.0 Å². The molecule has 2 aromatic rings. The van der Waals surface area contributed by atoms with Crippen LogP contribution in [0.25, 0.3) is 0 Å². The molecule has 0 aliphatic carbocycles. The second kappa shape index (κ2) is 7.01. The normalized spacial score (nSPS) is 17.1. The van der Waals surface area contributed by atoms with Crippen molar-refractivity contribution in [1.29, 1.82) is 0 Å². The first-order chi connectivity index (χ1) is 10.8. The molecule has 1 N–H and O–H groups in total. The summed E-state index contributed by atoms with van der Waals surface area (Å²) >= 11 is 3.39. The lowest BCUT2D eigenvalue weighted by atomic mass is 10.0. The first-order valence-corrected chi connectivity index (χ1v) is 8.74. The highest BCUT2D eigenvalue weighted by molar-refractivity contribution is 9.09. The molecule has 116 valence electrons. The topological polar surface area (TPSA) is 37.3 Å². The highest BCUT2D eigenvalue weighted by Crippen LogP contribution is 2.32. The summed E-state index contributed by atoms with van der Waals surface area (Å²) in [5, 5.41) is 3.92. The molecule has 5 heteroatoms. The summed E-state index contributed by atoms with van der Waals surface area (Å²) in [7, 11) is 0. The van der Waals surface area contributed by atoms with Crippen molar-refractivity contribution in [2.75, 3.05) is 18.4 Å². The predicted octanol–water partition coefficient (Wildman–Crippen LogP) is 3.39. The van der Waals surface area contributed by atoms with Crippen LogP contribution in [0.15, 0.2) is 48.7 Å². The Labute approximate surface area is 139 Å². The van der Waals surface area contributed by atoms with E-state index in [4.69, 9.17) is 0 Å². The van der Waals surface area contributed by atoms with E-state index in [9.17, 15) is 4.79 Å². The first-order valence-electron chi connectivity index (χ1n) is 7.61. The number of carbonyl (C=O) groups is 1. The Morgan fingerprint density at radius 1 is 1.18 bits per heavy atom. The van der Waals surface area contributed by atoms with E-state index in [2.05, 4.69) is 56.3 Å². The number of hydrogen-bond donors (Lipinski definition) is 1. The van der Waals surface area contributed by atoms with Gasteiger partial charge in [-0.05, 0) is 24.1 Å². The fourth-order valence-electron chi connectivity index (χ4n) is 2.95. The van der Waals surface area contributed by atoms with Crippen LogP contribution in [-0.4, -0.2) is 33.9 Å². The van der Waals surface area contributed by atoms with Gasteiger partial charge in [-0.1, -0.05) is 46.3 Å². The van der Waals surface area contributed by atoms with E-state index in [1.807, 2.05) is 23.1 Å². The molecule has 3 rings (SSSR count). The number of amides is 2. The van der Waals surface area contributed by atoms with Gasteiger partial charge >= 0.3 is 6.03 Å². The average molecular weight is 362 g/mol. The maximum Gasteiger partial charge on any atom is 0.318 e. The van der Waals surface area contributed by atoms with Crippen LogP contribution in [0.2, 0.25) is 0 Å². The summed E-state index contributed by atoms with van der Waals surface area (Å²) in [6.07, 6.45) is 3.03. The Morgan fingerprint density at radius 2 is 2.00 bits per heavy atom. The van der Waals surface area contributed by atoms with E-state index in [1.54, 1.807) is 0 Å². The molecule has 0 bridgehead atoms. The quantitative estimate of drug-likeness (QED) is 0.657. The highest BCUT2D eigenvalue weighted by atomic mass is 79.9. The van der Waals surface area contributed by atoms with E-state index in [0.717, 1.165) is 30.4 Å². The van der Waals surface area contributed by atoms with Crippen LogP contribution in [0, 0.1) is 0 Å². The molecular weight excluding hydrogens is 342 g/mol. The van der Waals surface area contributed by atoms with Crippen LogP contribution in [0.3, 0.4) is 0 Å². The van der Waals surface area contributed by atoms with Crippen molar-refractivity contribution >= 4 is 22.0 Å². The van der Waals surface area contributed by atoms with Crippen LogP contribution in [-0.2, 0) is 6.54 Å². The van der Waals surface area contributed by atoms with Gasteiger partial charge in [-0.3, -0.25) is 0 Å². The van der Waals surface area contributed by atoms with Crippen LogP contribution >= 0.6 is 15.9 Å². The van der Waals surface area contributed by atoms with E-state index in [1.165, 1.54) is 5.69 Å². The third kappa shape index (κ3) is 3.04. The number of urea groups is 1.